The fourth-order valence-electron chi connectivity index (χ4n) is 4.43. The molecule has 2 aromatic carbocycles. The van der Waals surface area contributed by atoms with Gasteiger partial charge in [0.25, 0.3) is 5.91 Å². The molecule has 0 radical (unpaired) electrons. The highest BCUT2D eigenvalue weighted by Crippen LogP contribution is 2.34. The first-order chi connectivity index (χ1) is 16.4. The lowest BCUT2D eigenvalue weighted by molar-refractivity contribution is -0.139. The molecule has 4 amide bonds. The third-order valence-electron chi connectivity index (χ3n) is 6.45. The molecule has 1 saturated heterocycles. The van der Waals surface area contributed by atoms with Crippen LogP contribution in [0.3, 0.4) is 0 Å². The summed E-state index contributed by atoms with van der Waals surface area (Å²) in [7, 11) is 1.60. The number of rotatable bonds is 8. The normalized spacial score (nSPS) is 20.9. The third kappa shape index (κ3) is 4.25. The monoisotopic (exact) mass is 465 g/mol. The van der Waals surface area contributed by atoms with E-state index in [2.05, 4.69) is 5.32 Å². The SMILES string of the molecule is COc1ccc(CN(C(=O)CN2C(=O)N[C@](C)(Cc3ccc4c(c3)OCO4)C2=O)C2CC2)cc1. The Hall–Kier alpha value is -3.75. The van der Waals surface area contributed by atoms with Crippen LogP contribution in [0.25, 0.3) is 0 Å². The van der Waals surface area contributed by atoms with Gasteiger partial charge in [0.2, 0.25) is 12.7 Å². The van der Waals surface area contributed by atoms with E-state index in [4.69, 9.17) is 14.2 Å². The van der Waals surface area contributed by atoms with E-state index >= 15 is 0 Å². The lowest BCUT2D eigenvalue weighted by atomic mass is 9.92. The van der Waals surface area contributed by atoms with Gasteiger partial charge in [0.1, 0.15) is 17.8 Å². The van der Waals surface area contributed by atoms with Crippen molar-refractivity contribution in [2.75, 3.05) is 20.4 Å². The Morgan fingerprint density at radius 3 is 2.53 bits per heavy atom. The Bertz CT molecular complexity index is 1130. The fraction of sp³-hybridized carbons (Fsp3) is 0.400. The summed E-state index contributed by atoms with van der Waals surface area (Å²) in [5.74, 6) is 1.36. The molecular formula is C25H27N3O6. The van der Waals surface area contributed by atoms with Crippen LogP contribution < -0.4 is 19.5 Å². The van der Waals surface area contributed by atoms with Crippen molar-refractivity contribution < 1.29 is 28.6 Å². The van der Waals surface area contributed by atoms with Gasteiger partial charge in [0.05, 0.1) is 7.11 Å². The summed E-state index contributed by atoms with van der Waals surface area (Å²) in [5.41, 5.74) is 0.643. The van der Waals surface area contributed by atoms with Gasteiger partial charge in [-0.3, -0.25) is 14.5 Å². The van der Waals surface area contributed by atoms with E-state index in [0.29, 0.717) is 18.0 Å². The number of carbonyl (C=O) groups excluding carboxylic acids is 3. The van der Waals surface area contributed by atoms with Crippen molar-refractivity contribution in [3.63, 3.8) is 0 Å². The first-order valence-electron chi connectivity index (χ1n) is 11.3. The molecule has 5 rings (SSSR count). The number of amides is 4. The molecule has 1 saturated carbocycles. The Kier molecular flexibility index (Phi) is 5.55. The van der Waals surface area contributed by atoms with Crippen molar-refractivity contribution >= 4 is 17.8 Å². The van der Waals surface area contributed by atoms with Crippen molar-refractivity contribution in [2.24, 2.45) is 0 Å². The van der Waals surface area contributed by atoms with Crippen LogP contribution >= 0.6 is 0 Å². The molecule has 3 aliphatic rings. The number of methoxy groups -OCH3 is 1. The Labute approximate surface area is 197 Å². The van der Waals surface area contributed by atoms with E-state index in [9.17, 15) is 14.4 Å². The van der Waals surface area contributed by atoms with Crippen LogP contribution in [-0.4, -0.2) is 59.7 Å². The largest absolute Gasteiger partial charge is 0.497 e. The highest BCUT2D eigenvalue weighted by atomic mass is 16.7. The average Bonchev–Trinajstić information content (AvgIpc) is 3.52. The predicted octanol–water partition coefficient (Wildman–Crippen LogP) is 2.47. The van der Waals surface area contributed by atoms with Gasteiger partial charge < -0.3 is 24.4 Å². The number of imide groups is 1. The van der Waals surface area contributed by atoms with Gasteiger partial charge in [-0.2, -0.15) is 0 Å². The van der Waals surface area contributed by atoms with Gasteiger partial charge in [-0.1, -0.05) is 18.2 Å². The Balaban J connectivity index is 1.27. The van der Waals surface area contributed by atoms with Gasteiger partial charge >= 0.3 is 6.03 Å². The van der Waals surface area contributed by atoms with Gasteiger partial charge in [0.15, 0.2) is 11.5 Å². The molecule has 9 nitrogen and oxygen atoms in total. The molecule has 9 heteroatoms. The molecule has 1 atom stereocenters. The number of benzene rings is 2. The summed E-state index contributed by atoms with van der Waals surface area (Å²) in [6.07, 6.45) is 2.12. The third-order valence-corrected chi connectivity index (χ3v) is 6.45. The number of nitrogens with one attached hydrogen (secondary N) is 1. The second-order valence-electron chi connectivity index (χ2n) is 9.12. The van der Waals surface area contributed by atoms with Crippen LogP contribution in [-0.2, 0) is 22.6 Å². The number of hydrogen-bond acceptors (Lipinski definition) is 6. The van der Waals surface area contributed by atoms with Gasteiger partial charge in [0, 0.05) is 19.0 Å². The van der Waals surface area contributed by atoms with Crippen LogP contribution in [0, 0.1) is 0 Å². The maximum absolute atomic E-state index is 13.3. The van der Waals surface area contributed by atoms with Gasteiger partial charge in [-0.25, -0.2) is 4.79 Å². The minimum Gasteiger partial charge on any atom is -0.497 e. The first kappa shape index (κ1) is 22.1. The minimum atomic E-state index is -1.15. The number of carbonyl (C=O) groups is 3. The number of hydrogen-bond donors (Lipinski definition) is 1. The zero-order valence-corrected chi connectivity index (χ0v) is 19.2. The fourth-order valence-corrected chi connectivity index (χ4v) is 4.43. The number of nitrogens with zero attached hydrogens (tertiary/aromatic N) is 2. The number of urea groups is 1. The summed E-state index contributed by atoms with van der Waals surface area (Å²) in [4.78, 5) is 41.9. The Morgan fingerprint density at radius 1 is 1.12 bits per heavy atom. The van der Waals surface area contributed by atoms with E-state index in [1.165, 1.54) is 0 Å². The summed E-state index contributed by atoms with van der Waals surface area (Å²) >= 11 is 0. The maximum Gasteiger partial charge on any atom is 0.325 e. The molecule has 34 heavy (non-hydrogen) atoms. The molecule has 1 N–H and O–H groups in total. The summed E-state index contributed by atoms with van der Waals surface area (Å²) < 4.78 is 15.9. The quantitative estimate of drug-likeness (QED) is 0.602. The average molecular weight is 466 g/mol. The first-order valence-corrected chi connectivity index (χ1v) is 11.3. The lowest BCUT2D eigenvalue weighted by Gasteiger charge is -2.25. The van der Waals surface area contributed by atoms with Crippen molar-refractivity contribution in [1.29, 1.82) is 0 Å². The molecule has 0 aromatic heterocycles. The molecule has 2 aliphatic heterocycles. The molecule has 2 aromatic rings. The summed E-state index contributed by atoms with van der Waals surface area (Å²) in [5, 5.41) is 2.78. The summed E-state index contributed by atoms with van der Waals surface area (Å²) in [6.45, 7) is 1.98. The molecular weight excluding hydrogens is 438 g/mol. The maximum atomic E-state index is 13.3. The predicted molar refractivity (Wildman–Crippen MR) is 121 cm³/mol. The molecule has 0 unspecified atom stereocenters. The van der Waals surface area contributed by atoms with E-state index in [-0.39, 0.29) is 31.7 Å². The topological polar surface area (TPSA) is 97.4 Å². The second kappa shape index (κ2) is 8.55. The molecule has 0 spiro atoms. The molecule has 1 aliphatic carbocycles. The van der Waals surface area contributed by atoms with Crippen molar-refractivity contribution in [2.45, 2.75) is 44.3 Å². The van der Waals surface area contributed by atoms with Crippen LogP contribution in [0.1, 0.15) is 30.9 Å². The zero-order valence-electron chi connectivity index (χ0n) is 19.2. The van der Waals surface area contributed by atoms with Gasteiger partial charge in [-0.05, 0) is 55.2 Å². The summed E-state index contributed by atoms with van der Waals surface area (Å²) in [6, 6.07) is 12.6. The Morgan fingerprint density at radius 2 is 1.82 bits per heavy atom. The zero-order chi connectivity index (χ0) is 23.9. The van der Waals surface area contributed by atoms with Crippen LogP contribution in [0.4, 0.5) is 4.79 Å². The second-order valence-corrected chi connectivity index (χ2v) is 9.12. The van der Waals surface area contributed by atoms with Crippen molar-refractivity contribution in [3.8, 4) is 17.2 Å². The lowest BCUT2D eigenvalue weighted by Crippen LogP contribution is -2.47. The minimum absolute atomic E-state index is 0.135. The number of ether oxygens (including phenoxy) is 3. The van der Waals surface area contributed by atoms with E-state index in [1.54, 1.807) is 25.0 Å². The standard InChI is InChI=1S/C25H27N3O6/c1-25(12-17-5-10-20-21(11-17)34-15-33-20)23(30)28(24(31)26-25)14-22(29)27(18-6-7-18)13-16-3-8-19(32-2)9-4-16/h3-5,8-11,18H,6-7,12-15H2,1-2H3,(H,26,31)/t25-/m1/s1. The van der Waals surface area contributed by atoms with Crippen LogP contribution in [0.5, 0.6) is 17.2 Å². The van der Waals surface area contributed by atoms with E-state index < -0.39 is 17.5 Å². The van der Waals surface area contributed by atoms with E-state index in [0.717, 1.165) is 34.6 Å². The molecule has 2 heterocycles. The molecule has 2 fully saturated rings. The van der Waals surface area contributed by atoms with E-state index in [1.807, 2.05) is 36.4 Å². The number of fused-ring (bicyclic) bond motifs is 1. The van der Waals surface area contributed by atoms with Crippen molar-refractivity contribution in [1.82, 2.24) is 15.1 Å². The molecule has 0 bridgehead atoms. The van der Waals surface area contributed by atoms with Crippen LogP contribution in [0.15, 0.2) is 42.5 Å². The molecule has 178 valence electrons. The van der Waals surface area contributed by atoms with Crippen LogP contribution in [0.2, 0.25) is 0 Å². The van der Waals surface area contributed by atoms with Gasteiger partial charge in [-0.15, -0.1) is 0 Å². The highest BCUT2D eigenvalue weighted by Gasteiger charge is 2.49. The van der Waals surface area contributed by atoms with Crippen molar-refractivity contribution in [3.05, 3.63) is 53.6 Å². The smallest absolute Gasteiger partial charge is 0.325 e. The highest BCUT2D eigenvalue weighted by molar-refractivity contribution is 6.09.